The van der Waals surface area contributed by atoms with Crippen molar-refractivity contribution in [1.82, 2.24) is 15.1 Å². The van der Waals surface area contributed by atoms with E-state index in [1.807, 2.05) is 17.5 Å². The molecule has 0 bridgehead atoms. The largest absolute Gasteiger partial charge is 0.302 e. The highest BCUT2D eigenvalue weighted by molar-refractivity contribution is 7.12. The first-order valence-corrected chi connectivity index (χ1v) is 8.83. The lowest BCUT2D eigenvalue weighted by molar-refractivity contribution is 0.0825. The standard InChI is InChI=1S/C17H23N3OS/c1-12-15(13(2)19-18-12)7-9-20-8-3-5-14(11-20)17(21)16-6-4-10-22-16/h4,6,10,14H,3,5,7-9,11H2,1-2H3,(H,18,19)/t14-/m0/s1. The fourth-order valence-corrected chi connectivity index (χ4v) is 4.05. The van der Waals surface area contributed by atoms with Crippen molar-refractivity contribution in [3.63, 3.8) is 0 Å². The average Bonchev–Trinajstić information content (AvgIpc) is 3.16. The predicted molar refractivity (Wildman–Crippen MR) is 89.6 cm³/mol. The summed E-state index contributed by atoms with van der Waals surface area (Å²) in [6.45, 7) is 7.14. The minimum absolute atomic E-state index is 0.166. The summed E-state index contributed by atoms with van der Waals surface area (Å²) in [4.78, 5) is 15.9. The van der Waals surface area contributed by atoms with Crippen molar-refractivity contribution in [2.75, 3.05) is 19.6 Å². The van der Waals surface area contributed by atoms with Gasteiger partial charge in [-0.3, -0.25) is 9.89 Å². The number of nitrogens with one attached hydrogen (secondary N) is 1. The number of nitrogens with zero attached hydrogens (tertiary/aromatic N) is 2. The number of carbonyl (C=O) groups is 1. The third-order valence-corrected chi connectivity index (χ3v) is 5.48. The summed E-state index contributed by atoms with van der Waals surface area (Å²) >= 11 is 1.56. The molecular weight excluding hydrogens is 294 g/mol. The molecule has 1 N–H and O–H groups in total. The number of hydrogen-bond donors (Lipinski definition) is 1. The molecule has 0 aromatic carbocycles. The molecule has 1 atom stereocenters. The van der Waals surface area contributed by atoms with Crippen molar-refractivity contribution in [3.05, 3.63) is 39.3 Å². The van der Waals surface area contributed by atoms with Gasteiger partial charge in [-0.05, 0) is 56.7 Å². The normalized spacial score (nSPS) is 19.5. The number of hydrogen-bond acceptors (Lipinski definition) is 4. The summed E-state index contributed by atoms with van der Waals surface area (Å²) in [6.07, 6.45) is 3.15. The maximum atomic E-state index is 12.5. The molecule has 2 aromatic heterocycles. The van der Waals surface area contributed by atoms with Gasteiger partial charge in [0.05, 0.1) is 10.6 Å². The van der Waals surface area contributed by atoms with Gasteiger partial charge in [-0.25, -0.2) is 0 Å². The van der Waals surface area contributed by atoms with E-state index in [0.717, 1.165) is 49.5 Å². The quantitative estimate of drug-likeness (QED) is 0.861. The van der Waals surface area contributed by atoms with Gasteiger partial charge >= 0.3 is 0 Å². The zero-order valence-corrected chi connectivity index (χ0v) is 14.1. The predicted octanol–water partition coefficient (Wildman–Crippen LogP) is 3.23. The van der Waals surface area contributed by atoms with Crippen molar-refractivity contribution < 1.29 is 4.79 Å². The van der Waals surface area contributed by atoms with Crippen LogP contribution in [0.4, 0.5) is 0 Å². The van der Waals surface area contributed by atoms with Crippen molar-refractivity contribution in [1.29, 1.82) is 0 Å². The van der Waals surface area contributed by atoms with Crippen molar-refractivity contribution in [3.8, 4) is 0 Å². The Hall–Kier alpha value is -1.46. The molecular formula is C17H23N3OS. The number of aromatic nitrogens is 2. The second-order valence-electron chi connectivity index (χ2n) is 6.14. The number of rotatable bonds is 5. The number of aromatic amines is 1. The van der Waals surface area contributed by atoms with Crippen LogP contribution in [0.2, 0.25) is 0 Å². The molecule has 1 aliphatic heterocycles. The van der Waals surface area contributed by atoms with E-state index in [1.165, 1.54) is 11.3 Å². The Morgan fingerprint density at radius 1 is 1.50 bits per heavy atom. The number of ketones is 1. The third kappa shape index (κ3) is 3.31. The molecule has 0 radical (unpaired) electrons. The lowest BCUT2D eigenvalue weighted by atomic mass is 9.92. The molecule has 2 aromatic rings. The van der Waals surface area contributed by atoms with Crippen LogP contribution in [0.1, 0.15) is 39.5 Å². The molecule has 3 rings (SSSR count). The second kappa shape index (κ2) is 6.75. The first kappa shape index (κ1) is 15.4. The first-order valence-electron chi connectivity index (χ1n) is 7.95. The van der Waals surface area contributed by atoms with E-state index < -0.39 is 0 Å². The van der Waals surface area contributed by atoms with Gasteiger partial charge in [-0.2, -0.15) is 5.10 Å². The Balaban J connectivity index is 1.58. The van der Waals surface area contributed by atoms with E-state index in [9.17, 15) is 4.79 Å². The monoisotopic (exact) mass is 317 g/mol. The Labute approximate surface area is 135 Å². The Morgan fingerprint density at radius 3 is 3.05 bits per heavy atom. The summed E-state index contributed by atoms with van der Waals surface area (Å²) in [6, 6.07) is 3.91. The molecule has 22 heavy (non-hydrogen) atoms. The van der Waals surface area contributed by atoms with Crippen LogP contribution in [0.3, 0.4) is 0 Å². The highest BCUT2D eigenvalue weighted by Gasteiger charge is 2.27. The van der Waals surface area contributed by atoms with Crippen molar-refractivity contribution >= 4 is 17.1 Å². The average molecular weight is 317 g/mol. The number of aryl methyl sites for hydroxylation is 2. The van der Waals surface area contributed by atoms with Crippen LogP contribution in [0.25, 0.3) is 0 Å². The van der Waals surface area contributed by atoms with Gasteiger partial charge in [0.2, 0.25) is 0 Å². The minimum atomic E-state index is 0.166. The van der Waals surface area contributed by atoms with Crippen molar-refractivity contribution in [2.45, 2.75) is 33.1 Å². The van der Waals surface area contributed by atoms with Gasteiger partial charge in [0.1, 0.15) is 0 Å². The summed E-state index contributed by atoms with van der Waals surface area (Å²) in [5.74, 6) is 0.495. The summed E-state index contributed by atoms with van der Waals surface area (Å²) in [7, 11) is 0. The maximum Gasteiger partial charge on any atom is 0.177 e. The van der Waals surface area contributed by atoms with Gasteiger partial charge in [0.25, 0.3) is 0 Å². The lowest BCUT2D eigenvalue weighted by Gasteiger charge is -2.31. The van der Waals surface area contributed by atoms with Gasteiger partial charge in [-0.1, -0.05) is 6.07 Å². The van der Waals surface area contributed by atoms with E-state index >= 15 is 0 Å². The van der Waals surface area contributed by atoms with Crippen LogP contribution in [-0.4, -0.2) is 40.5 Å². The molecule has 1 aliphatic rings. The number of likely N-dealkylation sites (tertiary alicyclic amines) is 1. The summed E-state index contributed by atoms with van der Waals surface area (Å²) < 4.78 is 0. The molecule has 0 spiro atoms. The van der Waals surface area contributed by atoms with E-state index in [0.29, 0.717) is 5.78 Å². The fraction of sp³-hybridized carbons (Fsp3) is 0.529. The molecule has 1 fully saturated rings. The molecule has 1 saturated heterocycles. The van der Waals surface area contributed by atoms with Crippen LogP contribution in [-0.2, 0) is 6.42 Å². The van der Waals surface area contributed by atoms with Crippen LogP contribution >= 0.6 is 11.3 Å². The first-order chi connectivity index (χ1) is 10.6. The van der Waals surface area contributed by atoms with Gasteiger partial charge in [0, 0.05) is 24.7 Å². The smallest absolute Gasteiger partial charge is 0.177 e. The molecule has 3 heterocycles. The van der Waals surface area contributed by atoms with E-state index in [4.69, 9.17) is 0 Å². The van der Waals surface area contributed by atoms with Crippen LogP contribution in [0, 0.1) is 19.8 Å². The minimum Gasteiger partial charge on any atom is -0.302 e. The number of carbonyl (C=O) groups excluding carboxylic acids is 1. The number of piperidine rings is 1. The lowest BCUT2D eigenvalue weighted by Crippen LogP contribution is -2.39. The molecule has 118 valence electrons. The van der Waals surface area contributed by atoms with Gasteiger partial charge in [0.15, 0.2) is 5.78 Å². The third-order valence-electron chi connectivity index (χ3n) is 4.60. The van der Waals surface area contributed by atoms with Crippen LogP contribution < -0.4 is 0 Å². The maximum absolute atomic E-state index is 12.5. The molecule has 4 nitrogen and oxygen atoms in total. The van der Waals surface area contributed by atoms with Crippen molar-refractivity contribution in [2.24, 2.45) is 5.92 Å². The van der Waals surface area contributed by atoms with Gasteiger partial charge in [-0.15, -0.1) is 11.3 Å². The van der Waals surface area contributed by atoms with Crippen LogP contribution in [0.15, 0.2) is 17.5 Å². The Morgan fingerprint density at radius 2 is 2.36 bits per heavy atom. The highest BCUT2D eigenvalue weighted by Crippen LogP contribution is 2.23. The molecule has 0 aliphatic carbocycles. The van der Waals surface area contributed by atoms with E-state index in [2.05, 4.69) is 28.9 Å². The number of Topliss-reactive ketones (excluding diaryl/α,β-unsaturated/α-hetero) is 1. The number of H-pyrrole nitrogens is 1. The topological polar surface area (TPSA) is 49.0 Å². The summed E-state index contributed by atoms with van der Waals surface area (Å²) in [5, 5.41) is 9.29. The fourth-order valence-electron chi connectivity index (χ4n) is 3.30. The molecule has 0 amide bonds. The number of thiophene rings is 1. The zero-order chi connectivity index (χ0) is 15.5. The molecule has 5 heteroatoms. The van der Waals surface area contributed by atoms with Crippen LogP contribution in [0.5, 0.6) is 0 Å². The Bertz CT molecular complexity index is 613. The summed E-state index contributed by atoms with van der Waals surface area (Å²) in [5.41, 5.74) is 3.59. The zero-order valence-electron chi connectivity index (χ0n) is 13.3. The van der Waals surface area contributed by atoms with Gasteiger partial charge < -0.3 is 4.90 Å². The van der Waals surface area contributed by atoms with E-state index in [1.54, 1.807) is 11.3 Å². The molecule has 0 saturated carbocycles. The van der Waals surface area contributed by atoms with E-state index in [-0.39, 0.29) is 5.92 Å². The Kier molecular flexibility index (Phi) is 4.74. The SMILES string of the molecule is Cc1n[nH]c(C)c1CCN1CCC[C@H](C(=O)c2cccs2)C1. The second-order valence-corrected chi connectivity index (χ2v) is 7.09. The highest BCUT2D eigenvalue weighted by atomic mass is 32.1. The molecule has 0 unspecified atom stereocenters.